The first kappa shape index (κ1) is 11.7. The van der Waals surface area contributed by atoms with E-state index in [4.69, 9.17) is 5.11 Å². The second kappa shape index (κ2) is 4.10. The lowest BCUT2D eigenvalue weighted by molar-refractivity contribution is -0.145. The molecule has 12 heavy (non-hydrogen) atoms. The highest BCUT2D eigenvalue weighted by molar-refractivity contribution is 5.85. The van der Waals surface area contributed by atoms with Crippen molar-refractivity contribution in [3.63, 3.8) is 0 Å². The number of hydrogen-bond donors (Lipinski definition) is 2. The van der Waals surface area contributed by atoms with E-state index in [1.807, 2.05) is 6.92 Å². The van der Waals surface area contributed by atoms with Crippen LogP contribution in [0.4, 0.5) is 0 Å². The maximum absolute atomic E-state index is 10.8. The average molecular weight is 194 g/mol. The second-order valence-corrected chi connectivity index (χ2v) is 3.33. The van der Waals surface area contributed by atoms with Crippen molar-refractivity contribution in [2.24, 2.45) is 5.92 Å². The molecule has 3 nitrogen and oxygen atoms in total. The maximum Gasteiger partial charge on any atom is 0.323 e. The van der Waals surface area contributed by atoms with Crippen molar-refractivity contribution in [3.8, 4) is 0 Å². The zero-order valence-corrected chi connectivity index (χ0v) is 8.28. The van der Waals surface area contributed by atoms with Crippen molar-refractivity contribution in [1.82, 2.24) is 5.32 Å². The number of rotatable bonds is 2. The van der Waals surface area contributed by atoms with Crippen molar-refractivity contribution in [3.05, 3.63) is 0 Å². The first-order valence-electron chi connectivity index (χ1n) is 4.09. The molecule has 0 amide bonds. The number of carboxylic acids is 1. The zero-order valence-electron chi connectivity index (χ0n) is 7.46. The van der Waals surface area contributed by atoms with Crippen molar-refractivity contribution < 1.29 is 9.90 Å². The van der Waals surface area contributed by atoms with Gasteiger partial charge in [0, 0.05) is 0 Å². The van der Waals surface area contributed by atoms with Crippen LogP contribution in [0.1, 0.15) is 26.7 Å². The quantitative estimate of drug-likeness (QED) is 0.695. The van der Waals surface area contributed by atoms with Gasteiger partial charge in [-0.1, -0.05) is 13.3 Å². The summed E-state index contributed by atoms with van der Waals surface area (Å²) < 4.78 is 0. The summed E-state index contributed by atoms with van der Waals surface area (Å²) in [6.45, 7) is 4.65. The lowest BCUT2D eigenvalue weighted by Crippen LogP contribution is -2.49. The van der Waals surface area contributed by atoms with E-state index >= 15 is 0 Å². The first-order valence-corrected chi connectivity index (χ1v) is 4.09. The van der Waals surface area contributed by atoms with Gasteiger partial charge in [0.2, 0.25) is 0 Å². The van der Waals surface area contributed by atoms with Gasteiger partial charge in [-0.2, -0.15) is 0 Å². The summed E-state index contributed by atoms with van der Waals surface area (Å²) in [6.07, 6.45) is 1.93. The molecule has 0 unspecified atom stereocenters. The van der Waals surface area contributed by atoms with E-state index in [-0.39, 0.29) is 12.4 Å². The fraction of sp³-hybridized carbons (Fsp3) is 0.875. The van der Waals surface area contributed by atoms with Gasteiger partial charge in [0.1, 0.15) is 5.54 Å². The Morgan fingerprint density at radius 2 is 2.33 bits per heavy atom. The average Bonchev–Trinajstić information content (AvgIpc) is 2.32. The molecule has 0 aromatic heterocycles. The molecule has 1 rings (SSSR count). The highest BCUT2D eigenvalue weighted by Gasteiger charge is 2.43. The van der Waals surface area contributed by atoms with Crippen LogP contribution in [0.25, 0.3) is 0 Å². The SMILES string of the molecule is CC[C@H]1CCN[C@]1(C)C(=O)O.Cl. The van der Waals surface area contributed by atoms with E-state index < -0.39 is 11.5 Å². The van der Waals surface area contributed by atoms with Crippen LogP contribution in [-0.4, -0.2) is 23.2 Å². The Labute approximate surface area is 78.9 Å². The number of halogens is 1. The van der Waals surface area contributed by atoms with Crippen molar-refractivity contribution in [2.45, 2.75) is 32.2 Å². The predicted octanol–water partition coefficient (Wildman–Crippen LogP) is 1.27. The van der Waals surface area contributed by atoms with Gasteiger partial charge < -0.3 is 10.4 Å². The minimum Gasteiger partial charge on any atom is -0.480 e. The number of carboxylic acid groups (broad SMARTS) is 1. The van der Waals surface area contributed by atoms with Crippen molar-refractivity contribution in [1.29, 1.82) is 0 Å². The number of carbonyl (C=O) groups is 1. The zero-order chi connectivity index (χ0) is 8.48. The van der Waals surface area contributed by atoms with Gasteiger partial charge in [0.15, 0.2) is 0 Å². The van der Waals surface area contributed by atoms with Gasteiger partial charge in [-0.05, 0) is 25.8 Å². The van der Waals surface area contributed by atoms with E-state index in [0.717, 1.165) is 19.4 Å². The van der Waals surface area contributed by atoms with Crippen LogP contribution < -0.4 is 5.32 Å². The van der Waals surface area contributed by atoms with Crippen LogP contribution >= 0.6 is 12.4 Å². The first-order chi connectivity index (χ1) is 5.11. The summed E-state index contributed by atoms with van der Waals surface area (Å²) in [5.74, 6) is -0.429. The molecule has 0 aliphatic carbocycles. The molecule has 4 heteroatoms. The molecule has 0 aromatic rings. The van der Waals surface area contributed by atoms with E-state index in [2.05, 4.69) is 5.32 Å². The molecule has 1 saturated heterocycles. The Morgan fingerprint density at radius 1 is 1.75 bits per heavy atom. The molecular formula is C8H16ClNO2. The molecule has 1 fully saturated rings. The van der Waals surface area contributed by atoms with Crippen molar-refractivity contribution in [2.75, 3.05) is 6.54 Å². The van der Waals surface area contributed by atoms with Crippen LogP contribution in [0.15, 0.2) is 0 Å². The van der Waals surface area contributed by atoms with Gasteiger partial charge in [0.25, 0.3) is 0 Å². The summed E-state index contributed by atoms with van der Waals surface area (Å²) in [4.78, 5) is 10.8. The van der Waals surface area contributed by atoms with E-state index in [1.165, 1.54) is 0 Å². The minimum absolute atomic E-state index is 0. The molecule has 1 aliphatic rings. The summed E-state index contributed by atoms with van der Waals surface area (Å²) in [7, 11) is 0. The molecule has 72 valence electrons. The normalized spacial score (nSPS) is 34.3. The van der Waals surface area contributed by atoms with Crippen LogP contribution in [0.3, 0.4) is 0 Å². The van der Waals surface area contributed by atoms with Gasteiger partial charge in [-0.15, -0.1) is 12.4 Å². The molecule has 2 atom stereocenters. The molecule has 1 heterocycles. The van der Waals surface area contributed by atoms with Crippen LogP contribution in [-0.2, 0) is 4.79 Å². The molecule has 0 aromatic carbocycles. The van der Waals surface area contributed by atoms with Crippen LogP contribution in [0, 0.1) is 5.92 Å². The lowest BCUT2D eigenvalue weighted by atomic mass is 9.85. The van der Waals surface area contributed by atoms with Crippen LogP contribution in [0.5, 0.6) is 0 Å². The fourth-order valence-electron chi connectivity index (χ4n) is 1.80. The summed E-state index contributed by atoms with van der Waals surface area (Å²) in [5, 5.41) is 11.9. The summed E-state index contributed by atoms with van der Waals surface area (Å²) in [5.41, 5.74) is -0.672. The molecule has 0 bridgehead atoms. The Balaban J connectivity index is 0.00000121. The largest absolute Gasteiger partial charge is 0.480 e. The summed E-state index contributed by atoms with van der Waals surface area (Å²) >= 11 is 0. The minimum atomic E-state index is -0.721. The number of hydrogen-bond acceptors (Lipinski definition) is 2. The Hall–Kier alpha value is -0.280. The maximum atomic E-state index is 10.8. The van der Waals surface area contributed by atoms with Crippen molar-refractivity contribution >= 4 is 18.4 Å². The fourth-order valence-corrected chi connectivity index (χ4v) is 1.80. The number of nitrogens with one attached hydrogen (secondary N) is 1. The van der Waals surface area contributed by atoms with E-state index in [0.29, 0.717) is 5.92 Å². The second-order valence-electron chi connectivity index (χ2n) is 3.33. The third-order valence-corrected chi connectivity index (χ3v) is 2.74. The van der Waals surface area contributed by atoms with Gasteiger partial charge >= 0.3 is 5.97 Å². The molecule has 2 N–H and O–H groups in total. The molecule has 0 saturated carbocycles. The highest BCUT2D eigenvalue weighted by atomic mass is 35.5. The smallest absolute Gasteiger partial charge is 0.323 e. The molecule has 1 aliphatic heterocycles. The van der Waals surface area contributed by atoms with E-state index in [1.54, 1.807) is 6.92 Å². The summed E-state index contributed by atoms with van der Waals surface area (Å²) in [6, 6.07) is 0. The van der Waals surface area contributed by atoms with Gasteiger partial charge in [-0.25, -0.2) is 0 Å². The third-order valence-electron chi connectivity index (χ3n) is 2.74. The Morgan fingerprint density at radius 3 is 2.67 bits per heavy atom. The topological polar surface area (TPSA) is 49.3 Å². The standard InChI is InChI=1S/C8H15NO2.ClH/c1-3-6-4-5-9-8(6,2)7(10)11;/h6,9H,3-5H2,1-2H3,(H,10,11);1H/t6-,8-;/m0./s1. The molecular weight excluding hydrogens is 178 g/mol. The Kier molecular flexibility index (Phi) is 4.00. The predicted molar refractivity (Wildman–Crippen MR) is 49.7 cm³/mol. The third kappa shape index (κ3) is 1.72. The highest BCUT2D eigenvalue weighted by Crippen LogP contribution is 2.28. The molecule has 0 spiro atoms. The lowest BCUT2D eigenvalue weighted by Gasteiger charge is -2.25. The number of aliphatic carboxylic acids is 1. The van der Waals surface area contributed by atoms with Crippen LogP contribution in [0.2, 0.25) is 0 Å². The van der Waals surface area contributed by atoms with Gasteiger partial charge in [-0.3, -0.25) is 4.79 Å². The Bertz CT molecular complexity index is 174. The van der Waals surface area contributed by atoms with E-state index in [9.17, 15) is 4.79 Å². The van der Waals surface area contributed by atoms with Gasteiger partial charge in [0.05, 0.1) is 0 Å². The molecule has 0 radical (unpaired) electrons. The monoisotopic (exact) mass is 193 g/mol.